The van der Waals surface area contributed by atoms with Crippen molar-refractivity contribution in [3.63, 3.8) is 0 Å². The molecule has 1 rings (SSSR count). The van der Waals surface area contributed by atoms with Gasteiger partial charge in [-0.05, 0) is 12.3 Å². The van der Waals surface area contributed by atoms with Gasteiger partial charge in [0.1, 0.15) is 0 Å². The molecule has 48 valence electrons. The van der Waals surface area contributed by atoms with Crippen molar-refractivity contribution in [2.45, 2.75) is 13.3 Å². The molecule has 0 aromatic heterocycles. The predicted molar refractivity (Wildman–Crippen MR) is 41.2 cm³/mol. The van der Waals surface area contributed by atoms with Crippen LogP contribution in [0.4, 0.5) is 0 Å². The summed E-state index contributed by atoms with van der Waals surface area (Å²) in [7, 11) is 0. The minimum atomic E-state index is -1.83. The molecule has 0 heterocycles. The van der Waals surface area contributed by atoms with Crippen LogP contribution < -0.4 is 0 Å². The zero-order valence-corrected chi connectivity index (χ0v) is 5.25. The van der Waals surface area contributed by atoms with Crippen LogP contribution in [0.1, 0.15) is 17.4 Å². The molecule has 1 aliphatic rings. The summed E-state index contributed by atoms with van der Waals surface area (Å²) in [5.74, 6) is 0.0486. The molecule has 0 aliphatic heterocycles. The minimum Gasteiger partial charge on any atom is -0.0776 e. The van der Waals surface area contributed by atoms with E-state index in [-0.39, 0.29) is 12.3 Å². The number of hydrogen-bond acceptors (Lipinski definition) is 0. The summed E-state index contributed by atoms with van der Waals surface area (Å²) in [6, 6.07) is 0. The standard InChI is InChI=1S/C9H12/c1-2-9-7-5-3-4-6-8-9/h3-9H,2H2,1H3/i1D3. The second-order valence-corrected chi connectivity index (χ2v) is 2.02. The average molecular weight is 123 g/mol. The van der Waals surface area contributed by atoms with Crippen LogP contribution in [-0.2, 0) is 0 Å². The molecule has 0 fully saturated rings. The van der Waals surface area contributed by atoms with Gasteiger partial charge in [0.15, 0.2) is 0 Å². The van der Waals surface area contributed by atoms with E-state index in [9.17, 15) is 0 Å². The summed E-state index contributed by atoms with van der Waals surface area (Å²) >= 11 is 0. The van der Waals surface area contributed by atoms with Crippen LogP contribution in [0.15, 0.2) is 36.5 Å². The van der Waals surface area contributed by atoms with E-state index in [1.165, 1.54) is 0 Å². The Balaban J connectivity index is 2.54. The molecule has 0 unspecified atom stereocenters. The van der Waals surface area contributed by atoms with E-state index in [1.54, 1.807) is 0 Å². The van der Waals surface area contributed by atoms with Crippen LogP contribution in [0.2, 0.25) is 0 Å². The fourth-order valence-electron chi connectivity index (χ4n) is 0.742. The van der Waals surface area contributed by atoms with E-state index < -0.39 is 6.85 Å². The monoisotopic (exact) mass is 123 g/mol. The molecule has 0 radical (unpaired) electrons. The van der Waals surface area contributed by atoms with E-state index in [2.05, 4.69) is 0 Å². The van der Waals surface area contributed by atoms with Crippen LogP contribution in [0.5, 0.6) is 0 Å². The Hall–Kier alpha value is -0.780. The van der Waals surface area contributed by atoms with Crippen LogP contribution >= 0.6 is 0 Å². The fraction of sp³-hybridized carbons (Fsp3) is 0.333. The smallest absolute Gasteiger partial charge is 0.0231 e. The van der Waals surface area contributed by atoms with Crippen LogP contribution in [0.25, 0.3) is 0 Å². The van der Waals surface area contributed by atoms with Crippen molar-refractivity contribution in [3.8, 4) is 0 Å². The molecule has 0 saturated heterocycles. The van der Waals surface area contributed by atoms with Gasteiger partial charge in [0.25, 0.3) is 0 Å². The van der Waals surface area contributed by atoms with Gasteiger partial charge in [-0.1, -0.05) is 43.3 Å². The highest BCUT2D eigenvalue weighted by atomic mass is 14.0. The molecule has 1 aliphatic carbocycles. The lowest BCUT2D eigenvalue weighted by Crippen LogP contribution is -1.85. The summed E-state index contributed by atoms with van der Waals surface area (Å²) in [6.07, 6.45) is 11.6. The molecule has 0 heteroatoms. The van der Waals surface area contributed by atoms with Gasteiger partial charge in [0.2, 0.25) is 0 Å². The minimum absolute atomic E-state index is 0.0486. The first-order chi connectivity index (χ1) is 5.58. The third-order valence-corrected chi connectivity index (χ3v) is 1.29. The fourth-order valence-corrected chi connectivity index (χ4v) is 0.742. The van der Waals surface area contributed by atoms with E-state index in [4.69, 9.17) is 4.11 Å². The zero-order chi connectivity index (χ0) is 9.03. The molecule has 9 heavy (non-hydrogen) atoms. The molecule has 0 aromatic carbocycles. The largest absolute Gasteiger partial charge is 0.0776 e. The van der Waals surface area contributed by atoms with Crippen LogP contribution in [0.3, 0.4) is 0 Å². The first-order valence-electron chi connectivity index (χ1n) is 4.60. The molecule has 0 spiro atoms. The predicted octanol–water partition coefficient (Wildman–Crippen LogP) is 2.69. The SMILES string of the molecule is [2H]C([2H])([2H])CC1C=CC=CC=C1. The number of allylic oxidation sites excluding steroid dienone is 6. The molecule has 0 nitrogen and oxygen atoms in total. The lowest BCUT2D eigenvalue weighted by atomic mass is 10.1. The van der Waals surface area contributed by atoms with Gasteiger partial charge in [0, 0.05) is 4.11 Å². The van der Waals surface area contributed by atoms with Gasteiger partial charge in [-0.3, -0.25) is 0 Å². The summed E-state index contributed by atoms with van der Waals surface area (Å²) in [5, 5.41) is 0. The van der Waals surface area contributed by atoms with Gasteiger partial charge >= 0.3 is 0 Å². The number of rotatable bonds is 1. The highest BCUT2D eigenvalue weighted by molar-refractivity contribution is 5.18. The van der Waals surface area contributed by atoms with Crippen molar-refractivity contribution < 1.29 is 4.11 Å². The lowest BCUT2D eigenvalue weighted by molar-refractivity contribution is 0.775. The maximum Gasteiger partial charge on any atom is 0.0231 e. The van der Waals surface area contributed by atoms with Crippen molar-refractivity contribution in [1.29, 1.82) is 0 Å². The molecule has 0 N–H and O–H groups in total. The van der Waals surface area contributed by atoms with E-state index in [1.807, 2.05) is 36.5 Å². The second kappa shape index (κ2) is 3.29. The zero-order valence-electron chi connectivity index (χ0n) is 8.25. The first kappa shape index (κ1) is 3.40. The summed E-state index contributed by atoms with van der Waals surface area (Å²) in [5.41, 5.74) is 0. The Morgan fingerprint density at radius 1 is 1.22 bits per heavy atom. The Kier molecular flexibility index (Phi) is 1.24. The third kappa shape index (κ3) is 1.88. The normalized spacial score (nSPS) is 24.7. The van der Waals surface area contributed by atoms with Gasteiger partial charge < -0.3 is 0 Å². The quantitative estimate of drug-likeness (QED) is 0.503. The van der Waals surface area contributed by atoms with Crippen molar-refractivity contribution in [2.24, 2.45) is 5.92 Å². The van der Waals surface area contributed by atoms with Crippen LogP contribution in [-0.4, -0.2) is 0 Å². The van der Waals surface area contributed by atoms with E-state index in [0.717, 1.165) is 0 Å². The maximum atomic E-state index is 7.08. The molecule has 0 atom stereocenters. The maximum absolute atomic E-state index is 7.08. The molecule has 0 aromatic rings. The summed E-state index contributed by atoms with van der Waals surface area (Å²) in [4.78, 5) is 0. The van der Waals surface area contributed by atoms with Gasteiger partial charge in [-0.2, -0.15) is 0 Å². The van der Waals surface area contributed by atoms with E-state index in [0.29, 0.717) is 0 Å². The van der Waals surface area contributed by atoms with Crippen molar-refractivity contribution in [3.05, 3.63) is 36.5 Å². The van der Waals surface area contributed by atoms with Gasteiger partial charge in [0.05, 0.1) is 0 Å². The molecule has 0 bridgehead atoms. The first-order valence-corrected chi connectivity index (χ1v) is 3.10. The third-order valence-electron chi connectivity index (χ3n) is 1.29. The number of hydrogen-bond donors (Lipinski definition) is 0. The lowest BCUT2D eigenvalue weighted by Gasteiger charge is -1.98. The molecule has 0 saturated carbocycles. The molecule has 0 amide bonds. The highest BCUT2D eigenvalue weighted by Crippen LogP contribution is 2.08. The Morgan fingerprint density at radius 2 is 1.89 bits per heavy atom. The van der Waals surface area contributed by atoms with Gasteiger partial charge in [-0.15, -0.1) is 0 Å². The highest BCUT2D eigenvalue weighted by Gasteiger charge is 1.93. The molecular weight excluding hydrogens is 108 g/mol. The topological polar surface area (TPSA) is 0 Å². The average Bonchev–Trinajstić information content (AvgIpc) is 2.12. The van der Waals surface area contributed by atoms with Crippen LogP contribution in [0, 0.1) is 5.92 Å². The second-order valence-electron chi connectivity index (χ2n) is 2.02. The Labute approximate surface area is 60.8 Å². The Bertz CT molecular complexity index is 204. The van der Waals surface area contributed by atoms with Crippen molar-refractivity contribution in [1.82, 2.24) is 0 Å². The summed E-state index contributed by atoms with van der Waals surface area (Å²) in [6.45, 7) is -1.83. The van der Waals surface area contributed by atoms with Gasteiger partial charge in [-0.25, -0.2) is 0 Å². The Morgan fingerprint density at radius 3 is 2.44 bits per heavy atom. The molecular formula is C9H12. The van der Waals surface area contributed by atoms with E-state index >= 15 is 0 Å². The summed E-state index contributed by atoms with van der Waals surface area (Å²) < 4.78 is 21.3. The van der Waals surface area contributed by atoms with Crippen molar-refractivity contribution in [2.75, 3.05) is 0 Å². The van der Waals surface area contributed by atoms with Crippen molar-refractivity contribution >= 4 is 0 Å².